The zero-order valence-electron chi connectivity index (χ0n) is 9.48. The summed E-state index contributed by atoms with van der Waals surface area (Å²) in [6, 6.07) is 7.31. The average Bonchev–Trinajstić information content (AvgIpc) is 2.81. The summed E-state index contributed by atoms with van der Waals surface area (Å²) in [5.41, 5.74) is 7.49. The molecule has 1 aromatic carbocycles. The first-order valence-corrected chi connectivity index (χ1v) is 5.66. The van der Waals surface area contributed by atoms with Gasteiger partial charge < -0.3 is 10.5 Å². The van der Waals surface area contributed by atoms with Crippen molar-refractivity contribution in [2.75, 3.05) is 13.2 Å². The van der Waals surface area contributed by atoms with Crippen LogP contribution in [0, 0.1) is 0 Å². The molecule has 86 valence electrons. The highest BCUT2D eigenvalue weighted by molar-refractivity contribution is 5.99. The molecule has 0 radical (unpaired) electrons. The topological polar surface area (TPSA) is 52.3 Å². The van der Waals surface area contributed by atoms with Crippen LogP contribution in [-0.4, -0.2) is 25.0 Å². The van der Waals surface area contributed by atoms with Crippen molar-refractivity contribution in [2.45, 2.75) is 25.3 Å². The fraction of sp³-hybridized carbons (Fsp3) is 0.462. The number of carbonyl (C=O) groups is 1. The summed E-state index contributed by atoms with van der Waals surface area (Å²) >= 11 is 0. The third kappa shape index (κ3) is 2.31. The lowest BCUT2D eigenvalue weighted by atomic mass is 9.95. The van der Waals surface area contributed by atoms with Crippen molar-refractivity contribution >= 4 is 5.78 Å². The van der Waals surface area contributed by atoms with E-state index >= 15 is 0 Å². The van der Waals surface area contributed by atoms with Gasteiger partial charge in [-0.15, -0.1) is 0 Å². The van der Waals surface area contributed by atoms with E-state index in [1.165, 1.54) is 5.56 Å². The molecule has 1 aromatic rings. The van der Waals surface area contributed by atoms with Gasteiger partial charge >= 0.3 is 0 Å². The van der Waals surface area contributed by atoms with E-state index in [0.29, 0.717) is 11.5 Å². The fourth-order valence-corrected chi connectivity index (χ4v) is 2.01. The first-order chi connectivity index (χ1) is 7.68. The number of nitrogens with two attached hydrogens (primary N) is 1. The van der Waals surface area contributed by atoms with Crippen LogP contribution in [0.1, 0.15) is 35.2 Å². The molecule has 1 aliphatic heterocycles. The van der Waals surface area contributed by atoms with E-state index in [0.717, 1.165) is 19.6 Å². The zero-order chi connectivity index (χ0) is 11.5. The van der Waals surface area contributed by atoms with E-state index in [1.807, 2.05) is 18.2 Å². The van der Waals surface area contributed by atoms with Crippen molar-refractivity contribution in [3.8, 4) is 0 Å². The molecule has 3 heteroatoms. The Balaban J connectivity index is 2.22. The van der Waals surface area contributed by atoms with Crippen molar-refractivity contribution in [3.63, 3.8) is 0 Å². The Morgan fingerprint density at radius 2 is 2.38 bits per heavy atom. The minimum atomic E-state index is -0.435. The molecule has 2 N–H and O–H groups in total. The van der Waals surface area contributed by atoms with Crippen LogP contribution in [0.2, 0.25) is 0 Å². The van der Waals surface area contributed by atoms with Gasteiger partial charge in [0.1, 0.15) is 0 Å². The highest BCUT2D eigenvalue weighted by atomic mass is 16.5. The number of Topliss-reactive ketones (excluding diaryl/α,β-unsaturated/α-hetero) is 1. The molecular weight excluding hydrogens is 202 g/mol. The van der Waals surface area contributed by atoms with Gasteiger partial charge in [0.15, 0.2) is 5.78 Å². The second-order valence-corrected chi connectivity index (χ2v) is 4.34. The molecule has 3 nitrogen and oxygen atoms in total. The molecule has 16 heavy (non-hydrogen) atoms. The van der Waals surface area contributed by atoms with Gasteiger partial charge in [-0.3, -0.25) is 4.79 Å². The summed E-state index contributed by atoms with van der Waals surface area (Å²) in [7, 11) is 0. The standard InChI is InChI=1S/C13H17NO2/c1-9(14)13(15)11-4-2-3-10(7-11)12-5-6-16-8-12/h2-4,7,9,12H,5-6,8,14H2,1H3. The maximum absolute atomic E-state index is 11.8. The van der Waals surface area contributed by atoms with Gasteiger partial charge in [-0.1, -0.05) is 18.2 Å². The van der Waals surface area contributed by atoms with Crippen LogP contribution in [-0.2, 0) is 4.74 Å². The summed E-state index contributed by atoms with van der Waals surface area (Å²) in [6.07, 6.45) is 1.04. The third-order valence-corrected chi connectivity index (χ3v) is 2.99. The molecular formula is C13H17NO2. The lowest BCUT2D eigenvalue weighted by Gasteiger charge is -2.10. The van der Waals surface area contributed by atoms with Crippen molar-refractivity contribution in [1.29, 1.82) is 0 Å². The minimum Gasteiger partial charge on any atom is -0.381 e. The Kier molecular flexibility index (Phi) is 3.36. The SMILES string of the molecule is CC(N)C(=O)c1cccc(C2CCOC2)c1. The molecule has 2 unspecified atom stereocenters. The van der Waals surface area contributed by atoms with E-state index in [9.17, 15) is 4.79 Å². The summed E-state index contributed by atoms with van der Waals surface area (Å²) in [4.78, 5) is 11.8. The number of ether oxygens (including phenoxy) is 1. The van der Waals surface area contributed by atoms with Crippen molar-refractivity contribution in [1.82, 2.24) is 0 Å². The lowest BCUT2D eigenvalue weighted by molar-refractivity contribution is 0.0968. The molecule has 1 saturated heterocycles. The van der Waals surface area contributed by atoms with Crippen LogP contribution in [0.15, 0.2) is 24.3 Å². The third-order valence-electron chi connectivity index (χ3n) is 2.99. The lowest BCUT2D eigenvalue weighted by Crippen LogP contribution is -2.26. The average molecular weight is 219 g/mol. The van der Waals surface area contributed by atoms with Crippen LogP contribution < -0.4 is 5.73 Å². The van der Waals surface area contributed by atoms with Crippen LogP contribution >= 0.6 is 0 Å². The molecule has 0 bridgehead atoms. The molecule has 2 atom stereocenters. The Morgan fingerprint density at radius 1 is 1.56 bits per heavy atom. The van der Waals surface area contributed by atoms with E-state index < -0.39 is 6.04 Å². The minimum absolute atomic E-state index is 0.000709. The van der Waals surface area contributed by atoms with Gasteiger partial charge in [0.05, 0.1) is 12.6 Å². The number of carbonyl (C=O) groups excluding carboxylic acids is 1. The van der Waals surface area contributed by atoms with Gasteiger partial charge in [0, 0.05) is 18.1 Å². The molecule has 0 saturated carbocycles. The van der Waals surface area contributed by atoms with E-state index in [4.69, 9.17) is 10.5 Å². The summed E-state index contributed by atoms with van der Waals surface area (Å²) in [5.74, 6) is 0.432. The second kappa shape index (κ2) is 4.76. The van der Waals surface area contributed by atoms with Gasteiger partial charge in [-0.25, -0.2) is 0 Å². The first kappa shape index (κ1) is 11.3. The van der Waals surface area contributed by atoms with Crippen LogP contribution in [0.5, 0.6) is 0 Å². The van der Waals surface area contributed by atoms with Gasteiger partial charge in [0.25, 0.3) is 0 Å². The maximum atomic E-state index is 11.8. The predicted molar refractivity (Wildman–Crippen MR) is 62.6 cm³/mol. The molecule has 0 amide bonds. The van der Waals surface area contributed by atoms with Crippen molar-refractivity contribution < 1.29 is 9.53 Å². The molecule has 1 fully saturated rings. The van der Waals surface area contributed by atoms with Gasteiger partial charge in [-0.2, -0.15) is 0 Å². The summed E-state index contributed by atoms with van der Waals surface area (Å²) in [5, 5.41) is 0. The predicted octanol–water partition coefficient (Wildman–Crippen LogP) is 1.72. The maximum Gasteiger partial charge on any atom is 0.179 e. The highest BCUT2D eigenvalue weighted by Crippen LogP contribution is 2.25. The number of hydrogen-bond donors (Lipinski definition) is 1. The number of rotatable bonds is 3. The van der Waals surface area contributed by atoms with E-state index in [-0.39, 0.29) is 5.78 Å². The first-order valence-electron chi connectivity index (χ1n) is 5.66. The number of hydrogen-bond acceptors (Lipinski definition) is 3. The summed E-state index contributed by atoms with van der Waals surface area (Å²) in [6.45, 7) is 3.29. The molecule has 1 aliphatic rings. The van der Waals surface area contributed by atoms with Gasteiger partial charge in [0.2, 0.25) is 0 Å². The quantitative estimate of drug-likeness (QED) is 0.787. The Morgan fingerprint density at radius 3 is 3.00 bits per heavy atom. The van der Waals surface area contributed by atoms with Crippen molar-refractivity contribution in [3.05, 3.63) is 35.4 Å². The zero-order valence-corrected chi connectivity index (χ0v) is 9.48. The second-order valence-electron chi connectivity index (χ2n) is 4.34. The molecule has 0 aliphatic carbocycles. The van der Waals surface area contributed by atoms with E-state index in [1.54, 1.807) is 6.92 Å². The largest absolute Gasteiger partial charge is 0.381 e. The smallest absolute Gasteiger partial charge is 0.179 e. The molecule has 1 heterocycles. The highest BCUT2D eigenvalue weighted by Gasteiger charge is 2.19. The summed E-state index contributed by atoms with van der Waals surface area (Å²) < 4.78 is 5.35. The Hall–Kier alpha value is -1.19. The van der Waals surface area contributed by atoms with Crippen molar-refractivity contribution in [2.24, 2.45) is 5.73 Å². The Bertz CT molecular complexity index is 381. The number of benzene rings is 1. The normalized spacial score (nSPS) is 22.0. The molecule has 2 rings (SSSR count). The monoisotopic (exact) mass is 219 g/mol. The van der Waals surface area contributed by atoms with Crippen LogP contribution in [0.25, 0.3) is 0 Å². The van der Waals surface area contributed by atoms with Gasteiger partial charge in [-0.05, 0) is 25.0 Å². The van der Waals surface area contributed by atoms with Crippen LogP contribution in [0.4, 0.5) is 0 Å². The molecule has 0 aromatic heterocycles. The molecule has 0 spiro atoms. The fourth-order valence-electron chi connectivity index (χ4n) is 2.01. The van der Waals surface area contributed by atoms with Crippen LogP contribution in [0.3, 0.4) is 0 Å². The van der Waals surface area contributed by atoms with E-state index in [2.05, 4.69) is 6.07 Å². The number of ketones is 1. The Labute approximate surface area is 95.6 Å².